The number of nitrogens with zero attached hydrogens (tertiary/aromatic N) is 3. The van der Waals surface area contributed by atoms with Crippen LogP contribution in [0.4, 0.5) is 0 Å². The summed E-state index contributed by atoms with van der Waals surface area (Å²) in [4.78, 5) is 21.0. The van der Waals surface area contributed by atoms with Gasteiger partial charge >= 0.3 is 0 Å². The number of ether oxygens (including phenoxy) is 1. The average Bonchev–Trinajstić information content (AvgIpc) is 3.17. The largest absolute Gasteiger partial charge is 0.491 e. The average molecular weight is 429 g/mol. The van der Waals surface area contributed by atoms with Crippen LogP contribution in [0, 0.1) is 13.8 Å². The minimum absolute atomic E-state index is 0.103. The second kappa shape index (κ2) is 10.1. The molecule has 0 atom stereocenters. The number of amides is 1. The molecule has 4 rings (SSSR count). The van der Waals surface area contributed by atoms with Crippen molar-refractivity contribution in [1.29, 1.82) is 0 Å². The summed E-state index contributed by atoms with van der Waals surface area (Å²) in [6.07, 6.45) is 4.80. The Hall–Kier alpha value is -3.67. The van der Waals surface area contributed by atoms with E-state index < -0.39 is 0 Å². The van der Waals surface area contributed by atoms with Gasteiger partial charge in [-0.05, 0) is 61.7 Å². The van der Waals surface area contributed by atoms with Gasteiger partial charge < -0.3 is 14.6 Å². The van der Waals surface area contributed by atoms with Crippen LogP contribution in [0.5, 0.6) is 5.75 Å². The van der Waals surface area contributed by atoms with Gasteiger partial charge in [-0.3, -0.25) is 9.78 Å². The maximum atomic E-state index is 12.2. The summed E-state index contributed by atoms with van der Waals surface area (Å²) in [7, 11) is 0. The number of imidazole rings is 1. The molecule has 0 bridgehead atoms. The number of benzene rings is 2. The fourth-order valence-corrected chi connectivity index (χ4v) is 3.72. The number of nitrogens with one attached hydrogen (secondary N) is 1. The zero-order valence-corrected chi connectivity index (χ0v) is 18.5. The lowest BCUT2D eigenvalue weighted by Crippen LogP contribution is -2.25. The van der Waals surface area contributed by atoms with Gasteiger partial charge in [0.15, 0.2) is 0 Å². The fourth-order valence-electron chi connectivity index (χ4n) is 3.72. The van der Waals surface area contributed by atoms with Crippen molar-refractivity contribution in [2.24, 2.45) is 0 Å². The fraction of sp³-hybridized carbons (Fsp3) is 0.269. The van der Waals surface area contributed by atoms with Crippen LogP contribution >= 0.6 is 0 Å². The smallest absolute Gasteiger partial charge is 0.252 e. The molecule has 1 amide bonds. The molecule has 2 aromatic carbocycles. The molecule has 0 saturated heterocycles. The van der Waals surface area contributed by atoms with E-state index in [4.69, 9.17) is 9.72 Å². The standard InChI is InChI=1S/C26H28N4O2/c1-19-11-12-20(2)24(17-19)32-16-15-30-23-9-4-3-8-22(23)29-25(30)10-6-14-28-26(31)21-7-5-13-27-18-21/h3-5,7-9,11-13,17-18H,6,10,14-16H2,1-2H3,(H,28,31). The zero-order chi connectivity index (χ0) is 22.3. The number of fused-ring (bicyclic) bond motifs is 1. The van der Waals surface area contributed by atoms with Crippen LogP contribution < -0.4 is 10.1 Å². The van der Waals surface area contributed by atoms with Crippen molar-refractivity contribution in [2.45, 2.75) is 33.2 Å². The molecular formula is C26H28N4O2. The van der Waals surface area contributed by atoms with Crippen molar-refractivity contribution in [2.75, 3.05) is 13.2 Å². The molecule has 0 saturated carbocycles. The van der Waals surface area contributed by atoms with Gasteiger partial charge in [-0.15, -0.1) is 0 Å². The summed E-state index contributed by atoms with van der Waals surface area (Å²) in [5.74, 6) is 1.83. The number of carbonyl (C=O) groups is 1. The van der Waals surface area contributed by atoms with Crippen LogP contribution in [0.15, 0.2) is 67.0 Å². The predicted molar refractivity (Wildman–Crippen MR) is 126 cm³/mol. The van der Waals surface area contributed by atoms with Crippen LogP contribution in [0.25, 0.3) is 11.0 Å². The number of rotatable bonds is 9. The second-order valence-corrected chi connectivity index (χ2v) is 7.89. The third-order valence-electron chi connectivity index (χ3n) is 5.44. The van der Waals surface area contributed by atoms with Gasteiger partial charge in [0.05, 0.1) is 23.1 Å². The van der Waals surface area contributed by atoms with Gasteiger partial charge in [0.25, 0.3) is 5.91 Å². The first-order valence-corrected chi connectivity index (χ1v) is 10.9. The van der Waals surface area contributed by atoms with E-state index in [-0.39, 0.29) is 5.91 Å². The molecule has 1 N–H and O–H groups in total. The van der Waals surface area contributed by atoms with E-state index in [1.807, 2.05) is 18.2 Å². The number of aryl methyl sites for hydroxylation is 3. The molecule has 4 aromatic rings. The van der Waals surface area contributed by atoms with Crippen LogP contribution in [-0.4, -0.2) is 33.6 Å². The molecule has 32 heavy (non-hydrogen) atoms. The Morgan fingerprint density at radius 1 is 1.09 bits per heavy atom. The van der Waals surface area contributed by atoms with E-state index >= 15 is 0 Å². The summed E-state index contributed by atoms with van der Waals surface area (Å²) >= 11 is 0. The molecule has 164 valence electrons. The van der Waals surface area contributed by atoms with E-state index in [2.05, 4.69) is 53.0 Å². The quantitative estimate of drug-likeness (QED) is 0.399. The number of para-hydroxylation sites is 2. The van der Waals surface area contributed by atoms with Gasteiger partial charge in [-0.25, -0.2) is 4.98 Å². The van der Waals surface area contributed by atoms with Gasteiger partial charge in [0.2, 0.25) is 0 Å². The molecular weight excluding hydrogens is 400 g/mol. The van der Waals surface area contributed by atoms with E-state index in [1.165, 1.54) is 5.56 Å². The maximum absolute atomic E-state index is 12.2. The Bertz CT molecular complexity index is 1200. The molecule has 0 unspecified atom stereocenters. The Morgan fingerprint density at radius 2 is 1.97 bits per heavy atom. The third-order valence-corrected chi connectivity index (χ3v) is 5.44. The lowest BCUT2D eigenvalue weighted by atomic mass is 10.1. The zero-order valence-electron chi connectivity index (χ0n) is 18.5. The van der Waals surface area contributed by atoms with Gasteiger partial charge in [-0.2, -0.15) is 0 Å². The Labute approximate surface area is 188 Å². The van der Waals surface area contributed by atoms with Crippen LogP contribution in [0.2, 0.25) is 0 Å². The first-order chi connectivity index (χ1) is 15.6. The van der Waals surface area contributed by atoms with Gasteiger partial charge in [-0.1, -0.05) is 24.3 Å². The SMILES string of the molecule is Cc1ccc(C)c(OCCn2c(CCCNC(=O)c3cccnc3)nc3ccccc32)c1. The first kappa shape index (κ1) is 21.6. The second-order valence-electron chi connectivity index (χ2n) is 7.89. The maximum Gasteiger partial charge on any atom is 0.252 e. The lowest BCUT2D eigenvalue weighted by molar-refractivity contribution is 0.0952. The number of hydrogen-bond donors (Lipinski definition) is 1. The minimum atomic E-state index is -0.103. The molecule has 2 aromatic heterocycles. The Morgan fingerprint density at radius 3 is 2.81 bits per heavy atom. The lowest BCUT2D eigenvalue weighted by Gasteiger charge is -2.13. The van der Waals surface area contributed by atoms with Gasteiger partial charge in [0, 0.05) is 25.4 Å². The number of hydrogen-bond acceptors (Lipinski definition) is 4. The number of aromatic nitrogens is 3. The Balaban J connectivity index is 1.39. The van der Waals surface area contributed by atoms with Crippen molar-refractivity contribution in [3.05, 3.63) is 89.5 Å². The van der Waals surface area contributed by atoms with Crippen LogP contribution in [-0.2, 0) is 13.0 Å². The minimum Gasteiger partial charge on any atom is -0.491 e. The van der Waals surface area contributed by atoms with E-state index in [0.29, 0.717) is 25.3 Å². The third kappa shape index (κ3) is 5.14. The highest BCUT2D eigenvalue weighted by Gasteiger charge is 2.11. The molecule has 6 heteroatoms. The van der Waals surface area contributed by atoms with E-state index in [1.54, 1.807) is 24.5 Å². The number of pyridine rings is 1. The Kier molecular flexibility index (Phi) is 6.80. The van der Waals surface area contributed by atoms with Gasteiger partial charge in [0.1, 0.15) is 18.2 Å². The molecule has 6 nitrogen and oxygen atoms in total. The van der Waals surface area contributed by atoms with Crippen LogP contribution in [0.1, 0.15) is 33.7 Å². The molecule has 2 heterocycles. The highest BCUT2D eigenvalue weighted by Crippen LogP contribution is 2.20. The molecule has 0 radical (unpaired) electrons. The van der Waals surface area contributed by atoms with Crippen LogP contribution in [0.3, 0.4) is 0 Å². The molecule has 0 fully saturated rings. The molecule has 0 aliphatic heterocycles. The van der Waals surface area contributed by atoms with Crippen molar-refractivity contribution in [3.8, 4) is 5.75 Å². The first-order valence-electron chi connectivity index (χ1n) is 10.9. The van der Waals surface area contributed by atoms with Crippen molar-refractivity contribution in [3.63, 3.8) is 0 Å². The van der Waals surface area contributed by atoms with E-state index in [9.17, 15) is 4.79 Å². The van der Waals surface area contributed by atoms with E-state index in [0.717, 1.165) is 41.0 Å². The molecule has 0 aliphatic carbocycles. The van der Waals surface area contributed by atoms with Crippen molar-refractivity contribution < 1.29 is 9.53 Å². The summed E-state index contributed by atoms with van der Waals surface area (Å²) in [6, 6.07) is 17.9. The number of carbonyl (C=O) groups excluding carboxylic acids is 1. The van der Waals surface area contributed by atoms with Crippen molar-refractivity contribution in [1.82, 2.24) is 19.9 Å². The topological polar surface area (TPSA) is 69.0 Å². The molecule has 0 spiro atoms. The van der Waals surface area contributed by atoms with Crippen molar-refractivity contribution >= 4 is 16.9 Å². The highest BCUT2D eigenvalue weighted by molar-refractivity contribution is 5.93. The normalized spacial score (nSPS) is 10.9. The monoisotopic (exact) mass is 428 g/mol. The predicted octanol–water partition coefficient (Wildman–Crippen LogP) is 4.49. The highest BCUT2D eigenvalue weighted by atomic mass is 16.5. The summed E-state index contributed by atoms with van der Waals surface area (Å²) in [6.45, 7) is 5.99. The summed E-state index contributed by atoms with van der Waals surface area (Å²) in [5.41, 5.74) is 4.98. The summed E-state index contributed by atoms with van der Waals surface area (Å²) < 4.78 is 8.32. The molecule has 0 aliphatic rings. The summed E-state index contributed by atoms with van der Waals surface area (Å²) in [5, 5.41) is 2.96.